The summed E-state index contributed by atoms with van der Waals surface area (Å²) in [6.07, 6.45) is 8.38. The van der Waals surface area contributed by atoms with Gasteiger partial charge < -0.3 is 5.41 Å². The number of rotatable bonds is 1. The van der Waals surface area contributed by atoms with E-state index in [1.807, 2.05) is 18.2 Å². The van der Waals surface area contributed by atoms with Gasteiger partial charge in [-0.05, 0) is 12.0 Å². The second kappa shape index (κ2) is 1.73. The van der Waals surface area contributed by atoms with E-state index >= 15 is 0 Å². The lowest BCUT2D eigenvalue weighted by atomic mass is 10.3. The molecule has 1 heteroatoms. The van der Waals surface area contributed by atoms with Crippen LogP contribution in [0, 0.1) is 5.41 Å². The molecule has 7 heavy (non-hydrogen) atoms. The molecule has 0 amide bonds. The monoisotopic (exact) mass is 93.1 g/mol. The third-order valence-corrected chi connectivity index (χ3v) is 0.967. The molecule has 0 spiro atoms. The lowest BCUT2D eigenvalue weighted by Gasteiger charge is -1.75. The predicted octanol–water partition coefficient (Wildman–Crippen LogP) is 1.52. The Bertz CT molecular complexity index is 131. The van der Waals surface area contributed by atoms with Crippen molar-refractivity contribution < 1.29 is 0 Å². The van der Waals surface area contributed by atoms with E-state index < -0.39 is 0 Å². The van der Waals surface area contributed by atoms with Crippen molar-refractivity contribution in [3.63, 3.8) is 0 Å². The highest BCUT2D eigenvalue weighted by Crippen LogP contribution is 2.04. The molecule has 1 rings (SSSR count). The van der Waals surface area contributed by atoms with Gasteiger partial charge in [0.1, 0.15) is 0 Å². The topological polar surface area (TPSA) is 23.9 Å². The zero-order valence-corrected chi connectivity index (χ0v) is 4.02. The van der Waals surface area contributed by atoms with Crippen molar-refractivity contribution in [2.75, 3.05) is 0 Å². The molecule has 1 N–H and O–H groups in total. The van der Waals surface area contributed by atoms with E-state index in [0.29, 0.717) is 0 Å². The minimum atomic E-state index is 1.00. The normalized spacial score (nSPS) is 16.9. The number of hydrogen-bond acceptors (Lipinski definition) is 1. The van der Waals surface area contributed by atoms with E-state index in [2.05, 4.69) is 0 Å². The number of allylic oxidation sites excluding steroid dienone is 4. The first-order valence-electron chi connectivity index (χ1n) is 2.30. The van der Waals surface area contributed by atoms with Gasteiger partial charge in [0.25, 0.3) is 0 Å². The van der Waals surface area contributed by atoms with Crippen LogP contribution in [0.15, 0.2) is 23.8 Å². The molecule has 0 unspecified atom stereocenters. The molecule has 0 atom stereocenters. The number of hydrogen-bond donors (Lipinski definition) is 1. The second-order valence-corrected chi connectivity index (χ2v) is 1.49. The Labute approximate surface area is 42.9 Å². The summed E-state index contributed by atoms with van der Waals surface area (Å²) in [5.74, 6) is 0. The van der Waals surface area contributed by atoms with Crippen LogP contribution in [0.3, 0.4) is 0 Å². The standard InChI is InChI=1S/C6H7N/c7-5-6-3-1-2-4-6/h1,3-5,7H,2H2. The van der Waals surface area contributed by atoms with Crippen LogP contribution >= 0.6 is 0 Å². The fourth-order valence-electron chi connectivity index (χ4n) is 0.583. The Morgan fingerprint density at radius 3 is 2.86 bits per heavy atom. The van der Waals surface area contributed by atoms with Gasteiger partial charge in [0.15, 0.2) is 0 Å². The first kappa shape index (κ1) is 4.31. The quantitative estimate of drug-likeness (QED) is 0.475. The van der Waals surface area contributed by atoms with E-state index in [1.165, 1.54) is 6.21 Å². The summed E-state index contributed by atoms with van der Waals surface area (Å²) in [6, 6.07) is 0. The first-order chi connectivity index (χ1) is 3.43. The van der Waals surface area contributed by atoms with Crippen molar-refractivity contribution in [1.29, 1.82) is 5.41 Å². The molecule has 0 aromatic carbocycles. The van der Waals surface area contributed by atoms with Crippen LogP contribution in [0.1, 0.15) is 6.42 Å². The minimum Gasteiger partial charge on any atom is -0.308 e. The van der Waals surface area contributed by atoms with Crippen LogP contribution in [-0.2, 0) is 0 Å². The Kier molecular flexibility index (Phi) is 1.07. The largest absolute Gasteiger partial charge is 0.308 e. The first-order valence-corrected chi connectivity index (χ1v) is 2.30. The Balaban J connectivity index is 2.69. The summed E-state index contributed by atoms with van der Waals surface area (Å²) in [7, 11) is 0. The average molecular weight is 93.1 g/mol. The van der Waals surface area contributed by atoms with E-state index in [1.54, 1.807) is 0 Å². The molecule has 0 saturated heterocycles. The van der Waals surface area contributed by atoms with Gasteiger partial charge in [-0.3, -0.25) is 0 Å². The Hall–Kier alpha value is -0.850. The highest BCUT2D eigenvalue weighted by molar-refractivity contribution is 5.80. The Morgan fingerprint density at radius 1 is 1.71 bits per heavy atom. The SMILES string of the molecule is N=CC1=CCC=C1. The van der Waals surface area contributed by atoms with E-state index in [9.17, 15) is 0 Å². The molecule has 1 aliphatic rings. The lowest BCUT2D eigenvalue weighted by Crippen LogP contribution is -1.68. The molecule has 1 nitrogen and oxygen atoms in total. The molecular weight excluding hydrogens is 86.1 g/mol. The molecular formula is C6H7N. The summed E-state index contributed by atoms with van der Waals surface area (Å²) < 4.78 is 0. The molecule has 0 saturated carbocycles. The van der Waals surface area contributed by atoms with Crippen molar-refractivity contribution in [3.8, 4) is 0 Å². The summed E-state index contributed by atoms with van der Waals surface area (Å²) >= 11 is 0. The van der Waals surface area contributed by atoms with Crippen molar-refractivity contribution in [1.82, 2.24) is 0 Å². The van der Waals surface area contributed by atoms with Crippen molar-refractivity contribution in [2.24, 2.45) is 0 Å². The summed E-state index contributed by atoms with van der Waals surface area (Å²) in [5.41, 5.74) is 1.03. The van der Waals surface area contributed by atoms with Gasteiger partial charge in [0.05, 0.1) is 0 Å². The van der Waals surface area contributed by atoms with Crippen LogP contribution in [0.5, 0.6) is 0 Å². The van der Waals surface area contributed by atoms with Gasteiger partial charge in [-0.1, -0.05) is 18.2 Å². The molecule has 0 aliphatic heterocycles. The Morgan fingerprint density at radius 2 is 2.57 bits per heavy atom. The summed E-state index contributed by atoms with van der Waals surface area (Å²) in [6.45, 7) is 0. The molecule has 0 bridgehead atoms. The smallest absolute Gasteiger partial charge is 0.0247 e. The van der Waals surface area contributed by atoms with Crippen LogP contribution in [0.4, 0.5) is 0 Å². The van der Waals surface area contributed by atoms with Crippen molar-refractivity contribution >= 4 is 6.21 Å². The van der Waals surface area contributed by atoms with Crippen LogP contribution in [0.25, 0.3) is 0 Å². The molecule has 0 aromatic heterocycles. The van der Waals surface area contributed by atoms with Crippen molar-refractivity contribution in [3.05, 3.63) is 23.8 Å². The van der Waals surface area contributed by atoms with E-state index in [0.717, 1.165) is 12.0 Å². The predicted molar refractivity (Wildman–Crippen MR) is 30.6 cm³/mol. The molecule has 0 heterocycles. The fourth-order valence-corrected chi connectivity index (χ4v) is 0.583. The van der Waals surface area contributed by atoms with Gasteiger partial charge in [-0.2, -0.15) is 0 Å². The maximum Gasteiger partial charge on any atom is 0.0247 e. The molecule has 0 radical (unpaired) electrons. The van der Waals surface area contributed by atoms with Crippen LogP contribution < -0.4 is 0 Å². The zero-order valence-electron chi connectivity index (χ0n) is 4.02. The summed E-state index contributed by atoms with van der Waals surface area (Å²) in [4.78, 5) is 0. The third kappa shape index (κ3) is 0.769. The summed E-state index contributed by atoms with van der Waals surface area (Å²) in [5, 5.41) is 6.76. The van der Waals surface area contributed by atoms with Gasteiger partial charge >= 0.3 is 0 Å². The van der Waals surface area contributed by atoms with Gasteiger partial charge in [-0.15, -0.1) is 0 Å². The molecule has 1 aliphatic carbocycles. The van der Waals surface area contributed by atoms with Crippen LogP contribution in [-0.4, -0.2) is 6.21 Å². The average Bonchev–Trinajstić information content (AvgIpc) is 2.14. The van der Waals surface area contributed by atoms with Crippen molar-refractivity contribution in [2.45, 2.75) is 6.42 Å². The second-order valence-electron chi connectivity index (χ2n) is 1.49. The van der Waals surface area contributed by atoms with Gasteiger partial charge in [0, 0.05) is 6.21 Å². The fraction of sp³-hybridized carbons (Fsp3) is 0.167. The lowest BCUT2D eigenvalue weighted by molar-refractivity contribution is 1.44. The van der Waals surface area contributed by atoms with E-state index in [-0.39, 0.29) is 0 Å². The maximum atomic E-state index is 6.76. The molecule has 0 fully saturated rings. The third-order valence-electron chi connectivity index (χ3n) is 0.967. The number of nitrogens with one attached hydrogen (secondary N) is 1. The molecule has 36 valence electrons. The van der Waals surface area contributed by atoms with Gasteiger partial charge in [-0.25, -0.2) is 0 Å². The highest BCUT2D eigenvalue weighted by atomic mass is 14.3. The van der Waals surface area contributed by atoms with Gasteiger partial charge in [0.2, 0.25) is 0 Å². The zero-order chi connectivity index (χ0) is 5.11. The van der Waals surface area contributed by atoms with Crippen LogP contribution in [0.2, 0.25) is 0 Å². The highest BCUT2D eigenvalue weighted by Gasteiger charge is 1.88. The minimum absolute atomic E-state index is 1.00. The molecule has 0 aromatic rings. The van der Waals surface area contributed by atoms with E-state index in [4.69, 9.17) is 5.41 Å². The maximum absolute atomic E-state index is 6.76.